The predicted octanol–water partition coefficient (Wildman–Crippen LogP) is 2.69. The van der Waals surface area contributed by atoms with E-state index in [-0.39, 0.29) is 0 Å². The van der Waals surface area contributed by atoms with Crippen LogP contribution in [0.4, 0.5) is 0 Å². The number of rotatable bonds is 6. The van der Waals surface area contributed by atoms with Gasteiger partial charge in [0.2, 0.25) is 5.91 Å². The maximum absolute atomic E-state index is 12.3. The Morgan fingerprint density at radius 2 is 1.57 bits per heavy atom. The van der Waals surface area contributed by atoms with Gasteiger partial charge in [-0.05, 0) is 64.6 Å². The van der Waals surface area contributed by atoms with E-state index in [1.807, 2.05) is 0 Å². The summed E-state index contributed by atoms with van der Waals surface area (Å²) in [5.74, 6) is 2.10. The summed E-state index contributed by atoms with van der Waals surface area (Å²) in [6.07, 6.45) is 4.42. The van der Waals surface area contributed by atoms with Crippen LogP contribution in [0.25, 0.3) is 0 Å². The first-order valence-corrected chi connectivity index (χ1v) is 9.71. The van der Waals surface area contributed by atoms with Crippen molar-refractivity contribution < 1.29 is 4.79 Å². The fourth-order valence-corrected chi connectivity index (χ4v) is 3.94. The van der Waals surface area contributed by atoms with E-state index in [1.54, 1.807) is 0 Å². The number of piperidine rings is 1. The quantitative estimate of drug-likeness (QED) is 0.752. The molecule has 23 heavy (non-hydrogen) atoms. The number of nitrogens with zero attached hydrogens (tertiary/aromatic N) is 3. The molecule has 4 nitrogen and oxygen atoms in total. The number of likely N-dealkylation sites (tertiary alicyclic amines) is 1. The molecule has 0 saturated carbocycles. The third kappa shape index (κ3) is 5.75. The largest absolute Gasteiger partial charge is 0.340 e. The van der Waals surface area contributed by atoms with E-state index in [1.165, 1.54) is 25.9 Å². The molecule has 0 bridgehead atoms. The highest BCUT2D eigenvalue weighted by Crippen LogP contribution is 2.24. The number of carbonyl (C=O) groups excluding carboxylic acids is 1. The SMILES string of the molecule is CC(C)C1CCN(CCCC(=O)N2CCN(C(C)C)CC2)CC1. The lowest BCUT2D eigenvalue weighted by Gasteiger charge is -2.37. The lowest BCUT2D eigenvalue weighted by Crippen LogP contribution is -2.50. The maximum atomic E-state index is 12.3. The first-order chi connectivity index (χ1) is 11.0. The number of hydrogen-bond acceptors (Lipinski definition) is 3. The molecule has 2 heterocycles. The Morgan fingerprint density at radius 1 is 0.957 bits per heavy atom. The molecule has 0 aromatic heterocycles. The second kappa shape index (κ2) is 9.03. The van der Waals surface area contributed by atoms with Crippen molar-refractivity contribution in [3.63, 3.8) is 0 Å². The van der Waals surface area contributed by atoms with Gasteiger partial charge >= 0.3 is 0 Å². The van der Waals surface area contributed by atoms with Crippen LogP contribution in [0.2, 0.25) is 0 Å². The molecule has 0 spiro atoms. The molecule has 2 aliphatic heterocycles. The highest BCUT2D eigenvalue weighted by atomic mass is 16.2. The summed E-state index contributed by atoms with van der Waals surface area (Å²) >= 11 is 0. The molecule has 4 heteroatoms. The van der Waals surface area contributed by atoms with Gasteiger partial charge in [-0.1, -0.05) is 13.8 Å². The monoisotopic (exact) mass is 323 g/mol. The molecule has 0 atom stereocenters. The third-order valence-electron chi connectivity index (χ3n) is 5.84. The fraction of sp³-hybridized carbons (Fsp3) is 0.947. The van der Waals surface area contributed by atoms with E-state index < -0.39 is 0 Å². The number of carbonyl (C=O) groups is 1. The van der Waals surface area contributed by atoms with Crippen molar-refractivity contribution in [1.29, 1.82) is 0 Å². The Kier molecular flexibility index (Phi) is 7.35. The van der Waals surface area contributed by atoms with Crippen LogP contribution < -0.4 is 0 Å². The average Bonchev–Trinajstić information content (AvgIpc) is 2.55. The zero-order valence-electron chi connectivity index (χ0n) is 15.8. The van der Waals surface area contributed by atoms with Crippen LogP contribution in [0.15, 0.2) is 0 Å². The molecule has 2 saturated heterocycles. The van der Waals surface area contributed by atoms with Crippen LogP contribution in [0.3, 0.4) is 0 Å². The zero-order chi connectivity index (χ0) is 16.8. The van der Waals surface area contributed by atoms with Crippen molar-refractivity contribution in [3.8, 4) is 0 Å². The molecule has 0 aliphatic carbocycles. The molecule has 1 amide bonds. The Labute approximate surface area is 143 Å². The van der Waals surface area contributed by atoms with Gasteiger partial charge in [0, 0.05) is 38.6 Å². The topological polar surface area (TPSA) is 26.8 Å². The maximum Gasteiger partial charge on any atom is 0.222 e. The van der Waals surface area contributed by atoms with Crippen LogP contribution >= 0.6 is 0 Å². The van der Waals surface area contributed by atoms with Gasteiger partial charge in [-0.3, -0.25) is 9.69 Å². The van der Waals surface area contributed by atoms with E-state index in [0.717, 1.165) is 57.4 Å². The normalized spacial score (nSPS) is 22.3. The summed E-state index contributed by atoms with van der Waals surface area (Å²) in [7, 11) is 0. The van der Waals surface area contributed by atoms with Gasteiger partial charge in [0.25, 0.3) is 0 Å². The lowest BCUT2D eigenvalue weighted by molar-refractivity contribution is -0.133. The molecule has 2 aliphatic rings. The van der Waals surface area contributed by atoms with Gasteiger partial charge in [0.1, 0.15) is 0 Å². The predicted molar refractivity (Wildman–Crippen MR) is 96.5 cm³/mol. The van der Waals surface area contributed by atoms with Gasteiger partial charge in [-0.15, -0.1) is 0 Å². The van der Waals surface area contributed by atoms with Crippen LogP contribution in [0, 0.1) is 11.8 Å². The standard InChI is InChI=1S/C19H37N3O/c1-16(2)18-7-10-20(11-8-18)9-5-6-19(23)22-14-12-21(13-15-22)17(3)4/h16-18H,5-15H2,1-4H3. The Morgan fingerprint density at radius 3 is 2.09 bits per heavy atom. The Hall–Kier alpha value is -0.610. The van der Waals surface area contributed by atoms with Crippen LogP contribution in [-0.2, 0) is 4.79 Å². The van der Waals surface area contributed by atoms with Gasteiger partial charge in [-0.2, -0.15) is 0 Å². The molecular formula is C19H37N3O. The van der Waals surface area contributed by atoms with Crippen molar-refractivity contribution in [2.75, 3.05) is 45.8 Å². The molecule has 2 fully saturated rings. The fourth-order valence-electron chi connectivity index (χ4n) is 3.94. The van der Waals surface area contributed by atoms with Crippen LogP contribution in [0.1, 0.15) is 53.4 Å². The molecule has 0 aromatic carbocycles. The van der Waals surface area contributed by atoms with Crippen molar-refractivity contribution in [1.82, 2.24) is 14.7 Å². The number of piperazine rings is 1. The van der Waals surface area contributed by atoms with Crippen LogP contribution in [0.5, 0.6) is 0 Å². The van der Waals surface area contributed by atoms with E-state index >= 15 is 0 Å². The molecular weight excluding hydrogens is 286 g/mol. The summed E-state index contributed by atoms with van der Waals surface area (Å²) < 4.78 is 0. The van der Waals surface area contributed by atoms with Gasteiger partial charge in [0.15, 0.2) is 0 Å². The Bertz CT molecular complexity index is 354. The van der Waals surface area contributed by atoms with Crippen molar-refractivity contribution in [2.45, 2.75) is 59.4 Å². The van der Waals surface area contributed by atoms with E-state index in [4.69, 9.17) is 0 Å². The minimum Gasteiger partial charge on any atom is -0.340 e. The lowest BCUT2D eigenvalue weighted by atomic mass is 9.87. The minimum absolute atomic E-state index is 0.366. The number of hydrogen-bond donors (Lipinski definition) is 0. The first-order valence-electron chi connectivity index (χ1n) is 9.71. The molecule has 0 aromatic rings. The second-order valence-corrected chi connectivity index (χ2v) is 8.04. The summed E-state index contributed by atoms with van der Waals surface area (Å²) in [5.41, 5.74) is 0. The van der Waals surface area contributed by atoms with Crippen LogP contribution in [-0.4, -0.2) is 72.5 Å². The Balaban J connectivity index is 1.59. The highest BCUT2D eigenvalue weighted by molar-refractivity contribution is 5.76. The van der Waals surface area contributed by atoms with E-state index in [2.05, 4.69) is 42.4 Å². The molecule has 2 rings (SSSR count). The summed E-state index contributed by atoms with van der Waals surface area (Å²) in [6.45, 7) is 16.6. The van der Waals surface area contributed by atoms with E-state index in [9.17, 15) is 4.79 Å². The smallest absolute Gasteiger partial charge is 0.222 e. The van der Waals surface area contributed by atoms with Gasteiger partial charge in [0.05, 0.1) is 0 Å². The number of amides is 1. The molecule has 0 unspecified atom stereocenters. The third-order valence-corrected chi connectivity index (χ3v) is 5.84. The summed E-state index contributed by atoms with van der Waals surface area (Å²) in [6, 6.07) is 0.598. The average molecular weight is 324 g/mol. The molecule has 0 N–H and O–H groups in total. The van der Waals surface area contributed by atoms with Gasteiger partial charge in [-0.25, -0.2) is 0 Å². The van der Waals surface area contributed by atoms with Crippen molar-refractivity contribution in [3.05, 3.63) is 0 Å². The second-order valence-electron chi connectivity index (χ2n) is 8.04. The first kappa shape index (κ1) is 18.7. The molecule has 0 radical (unpaired) electrons. The zero-order valence-corrected chi connectivity index (χ0v) is 15.8. The molecule has 134 valence electrons. The van der Waals surface area contributed by atoms with Gasteiger partial charge < -0.3 is 9.80 Å². The summed E-state index contributed by atoms with van der Waals surface area (Å²) in [4.78, 5) is 19.4. The highest BCUT2D eigenvalue weighted by Gasteiger charge is 2.23. The van der Waals surface area contributed by atoms with Crippen molar-refractivity contribution >= 4 is 5.91 Å². The summed E-state index contributed by atoms with van der Waals surface area (Å²) in [5, 5.41) is 0. The minimum atomic E-state index is 0.366. The van der Waals surface area contributed by atoms with E-state index in [0.29, 0.717) is 11.9 Å². The van der Waals surface area contributed by atoms with Crippen molar-refractivity contribution in [2.24, 2.45) is 11.8 Å².